The molecule has 4 rings (SSSR count). The zero-order valence-corrected chi connectivity index (χ0v) is 14.4. The number of aromatic amines is 1. The van der Waals surface area contributed by atoms with E-state index in [2.05, 4.69) is 20.3 Å². The van der Waals surface area contributed by atoms with Crippen LogP contribution in [0.25, 0.3) is 22.2 Å². The zero-order valence-electron chi connectivity index (χ0n) is 14.4. The van der Waals surface area contributed by atoms with Crippen molar-refractivity contribution in [3.8, 4) is 0 Å². The van der Waals surface area contributed by atoms with E-state index in [1.165, 1.54) is 6.92 Å². The molecule has 0 fully saturated rings. The number of rotatable bonds is 3. The summed E-state index contributed by atoms with van der Waals surface area (Å²) in [6.45, 7) is 1.55. The summed E-state index contributed by atoms with van der Waals surface area (Å²) >= 11 is 0. The van der Waals surface area contributed by atoms with Gasteiger partial charge in [-0.15, -0.1) is 0 Å². The molecule has 0 aliphatic heterocycles. The highest BCUT2D eigenvalue weighted by Gasteiger charge is 2.12. The van der Waals surface area contributed by atoms with Gasteiger partial charge in [0.15, 0.2) is 11.2 Å². The van der Waals surface area contributed by atoms with Crippen LogP contribution < -0.4 is 16.6 Å². The van der Waals surface area contributed by atoms with Gasteiger partial charge in [0.1, 0.15) is 0 Å². The van der Waals surface area contributed by atoms with Gasteiger partial charge in [0.25, 0.3) is 5.56 Å². The number of anilines is 1. The molecule has 4 aromatic rings. The van der Waals surface area contributed by atoms with Crippen LogP contribution in [0.4, 0.5) is 5.69 Å². The molecule has 0 aliphatic carbocycles. The first kappa shape index (κ1) is 16.6. The number of aromatic nitrogens is 4. The highest BCUT2D eigenvalue weighted by Crippen LogP contribution is 2.17. The lowest BCUT2D eigenvalue weighted by Gasteiger charge is -2.07. The number of amides is 1. The number of benzene rings is 2. The zero-order chi connectivity index (χ0) is 19.0. The van der Waals surface area contributed by atoms with Crippen LogP contribution in [-0.2, 0) is 11.3 Å². The summed E-state index contributed by atoms with van der Waals surface area (Å²) in [5.74, 6) is -0.208. The molecule has 2 N–H and O–H groups in total. The molecule has 134 valence electrons. The Labute approximate surface area is 152 Å². The minimum absolute atomic E-state index is 0.0882. The maximum Gasteiger partial charge on any atom is 0.330 e. The Hall–Kier alpha value is -3.81. The number of hydrogen-bond donors (Lipinski definition) is 2. The van der Waals surface area contributed by atoms with Crippen LogP contribution in [0.1, 0.15) is 12.5 Å². The van der Waals surface area contributed by atoms with Crippen molar-refractivity contribution in [2.75, 3.05) is 5.32 Å². The molecule has 0 atom stereocenters. The molecule has 0 saturated heterocycles. The van der Waals surface area contributed by atoms with Crippen molar-refractivity contribution in [3.63, 3.8) is 0 Å². The Bertz CT molecular complexity index is 1290. The summed E-state index contributed by atoms with van der Waals surface area (Å²) in [6.07, 6.45) is 0. The predicted molar refractivity (Wildman–Crippen MR) is 102 cm³/mol. The van der Waals surface area contributed by atoms with Crippen LogP contribution in [0.3, 0.4) is 0 Å². The quantitative estimate of drug-likeness (QED) is 0.539. The van der Waals surface area contributed by atoms with E-state index in [1.54, 1.807) is 18.2 Å². The van der Waals surface area contributed by atoms with E-state index in [9.17, 15) is 14.4 Å². The second-order valence-electron chi connectivity index (χ2n) is 6.11. The fourth-order valence-electron chi connectivity index (χ4n) is 2.87. The SMILES string of the molecule is CC(=O)Nc1ccc2nc3c(=O)n(Cc4ccccc4)c(=O)[nH]c3nc2c1. The average Bonchev–Trinajstić information content (AvgIpc) is 2.64. The van der Waals surface area contributed by atoms with E-state index in [0.29, 0.717) is 16.7 Å². The van der Waals surface area contributed by atoms with Crippen molar-refractivity contribution < 1.29 is 4.79 Å². The third kappa shape index (κ3) is 3.20. The lowest BCUT2D eigenvalue weighted by atomic mass is 10.2. The molecule has 2 aromatic carbocycles. The normalized spacial score (nSPS) is 11.0. The van der Waals surface area contributed by atoms with Crippen LogP contribution in [0.15, 0.2) is 58.1 Å². The molecule has 0 spiro atoms. The van der Waals surface area contributed by atoms with Crippen molar-refractivity contribution in [3.05, 3.63) is 74.9 Å². The van der Waals surface area contributed by atoms with Gasteiger partial charge in [0.2, 0.25) is 5.91 Å². The van der Waals surface area contributed by atoms with Crippen molar-refractivity contribution in [1.29, 1.82) is 0 Å². The van der Waals surface area contributed by atoms with E-state index in [0.717, 1.165) is 10.1 Å². The van der Waals surface area contributed by atoms with Crippen molar-refractivity contribution in [1.82, 2.24) is 19.5 Å². The summed E-state index contributed by atoms with van der Waals surface area (Å²) in [4.78, 5) is 47.7. The van der Waals surface area contributed by atoms with Crippen LogP contribution in [0, 0.1) is 0 Å². The first-order valence-corrected chi connectivity index (χ1v) is 8.27. The Morgan fingerprint density at radius 1 is 1.07 bits per heavy atom. The first-order chi connectivity index (χ1) is 13.0. The Balaban J connectivity index is 1.87. The van der Waals surface area contributed by atoms with E-state index >= 15 is 0 Å². The van der Waals surface area contributed by atoms with Crippen LogP contribution in [0.5, 0.6) is 0 Å². The van der Waals surface area contributed by atoms with Gasteiger partial charge in [0, 0.05) is 12.6 Å². The maximum absolute atomic E-state index is 12.8. The highest BCUT2D eigenvalue weighted by atomic mass is 16.2. The van der Waals surface area contributed by atoms with E-state index in [4.69, 9.17) is 0 Å². The van der Waals surface area contributed by atoms with Gasteiger partial charge < -0.3 is 5.32 Å². The molecule has 0 saturated carbocycles. The number of fused-ring (bicyclic) bond motifs is 2. The van der Waals surface area contributed by atoms with Gasteiger partial charge in [-0.1, -0.05) is 30.3 Å². The van der Waals surface area contributed by atoms with Gasteiger partial charge in [0.05, 0.1) is 17.6 Å². The van der Waals surface area contributed by atoms with E-state index in [1.807, 2.05) is 30.3 Å². The summed E-state index contributed by atoms with van der Waals surface area (Å²) in [5.41, 5.74) is 1.49. The molecule has 27 heavy (non-hydrogen) atoms. The standard InChI is InChI=1S/C19H15N5O3/c1-11(25)20-13-7-8-14-15(9-13)22-17-16(21-14)18(26)24(19(27)23-17)10-12-5-3-2-4-6-12/h2-9H,10H2,1H3,(H,20,25)(H,22,23,27). The van der Waals surface area contributed by atoms with Crippen molar-refractivity contribution in [2.24, 2.45) is 0 Å². The number of carbonyl (C=O) groups is 1. The molecule has 0 aliphatic rings. The third-order valence-corrected chi connectivity index (χ3v) is 4.09. The molecule has 1 amide bonds. The van der Waals surface area contributed by atoms with Crippen molar-refractivity contribution in [2.45, 2.75) is 13.5 Å². The molecule has 0 unspecified atom stereocenters. The monoisotopic (exact) mass is 361 g/mol. The summed E-state index contributed by atoms with van der Waals surface area (Å²) in [5, 5.41) is 2.66. The molecule has 2 aromatic heterocycles. The second-order valence-corrected chi connectivity index (χ2v) is 6.11. The number of hydrogen-bond acceptors (Lipinski definition) is 5. The lowest BCUT2D eigenvalue weighted by molar-refractivity contribution is -0.114. The van der Waals surface area contributed by atoms with Gasteiger partial charge >= 0.3 is 5.69 Å². The molecule has 2 heterocycles. The highest BCUT2D eigenvalue weighted by molar-refractivity contribution is 5.92. The largest absolute Gasteiger partial charge is 0.330 e. The average molecular weight is 361 g/mol. The fourth-order valence-corrected chi connectivity index (χ4v) is 2.87. The van der Waals surface area contributed by atoms with Gasteiger partial charge in [-0.25, -0.2) is 14.8 Å². The number of carbonyl (C=O) groups excluding carboxylic acids is 1. The molecule has 0 radical (unpaired) electrons. The smallest absolute Gasteiger partial charge is 0.326 e. The van der Waals surface area contributed by atoms with Crippen LogP contribution in [0.2, 0.25) is 0 Å². The van der Waals surface area contributed by atoms with E-state index < -0.39 is 11.2 Å². The summed E-state index contributed by atoms with van der Waals surface area (Å²) in [7, 11) is 0. The number of H-pyrrole nitrogens is 1. The second kappa shape index (κ2) is 6.49. The van der Waals surface area contributed by atoms with Gasteiger partial charge in [-0.3, -0.25) is 19.1 Å². The predicted octanol–water partition coefficient (Wildman–Crippen LogP) is 1.64. The minimum Gasteiger partial charge on any atom is -0.326 e. The Morgan fingerprint density at radius 2 is 1.85 bits per heavy atom. The number of nitrogens with one attached hydrogen (secondary N) is 2. The first-order valence-electron chi connectivity index (χ1n) is 8.27. The van der Waals surface area contributed by atoms with Gasteiger partial charge in [-0.05, 0) is 23.8 Å². The fraction of sp³-hybridized carbons (Fsp3) is 0.105. The van der Waals surface area contributed by atoms with E-state index in [-0.39, 0.29) is 23.6 Å². The molecular formula is C19H15N5O3. The molecule has 8 heteroatoms. The molecule has 8 nitrogen and oxygen atoms in total. The molecular weight excluding hydrogens is 346 g/mol. The Kier molecular flexibility index (Phi) is 4.00. The van der Waals surface area contributed by atoms with Crippen LogP contribution >= 0.6 is 0 Å². The minimum atomic E-state index is -0.553. The third-order valence-electron chi connectivity index (χ3n) is 4.09. The summed E-state index contributed by atoms with van der Waals surface area (Å²) < 4.78 is 1.10. The lowest BCUT2D eigenvalue weighted by Crippen LogP contribution is -2.36. The topological polar surface area (TPSA) is 110 Å². The number of nitrogens with zero attached hydrogens (tertiary/aromatic N) is 3. The maximum atomic E-state index is 12.8. The Morgan fingerprint density at radius 3 is 2.59 bits per heavy atom. The van der Waals surface area contributed by atoms with Crippen molar-refractivity contribution >= 4 is 33.8 Å². The summed E-state index contributed by atoms with van der Waals surface area (Å²) in [6, 6.07) is 14.2. The van der Waals surface area contributed by atoms with Gasteiger partial charge in [-0.2, -0.15) is 0 Å². The van der Waals surface area contributed by atoms with Crippen LogP contribution in [-0.4, -0.2) is 25.4 Å². The molecule has 0 bridgehead atoms.